The number of aromatic nitrogens is 1. The molecule has 1 amide bonds. The Balaban J connectivity index is 1.63. The minimum absolute atomic E-state index is 0.0804. The number of carbonyl (C=O) groups is 1. The van der Waals surface area contributed by atoms with E-state index in [1.165, 1.54) is 10.9 Å². The second kappa shape index (κ2) is 6.57. The predicted octanol–water partition coefficient (Wildman–Crippen LogP) is 3.46. The van der Waals surface area contributed by atoms with Gasteiger partial charge < -0.3 is 15.0 Å². The number of aromatic amines is 1. The molecule has 0 aliphatic rings. The number of methoxy groups -OCH3 is 1. The Hall–Kier alpha value is -2.75. The standard InChI is InChI=1S/C19H20N2O2/c1-13-7-8-14(11-18(13)23-2)19(22)20-10-9-15-12-21-17-6-4-3-5-16(15)17/h3-8,11-12,21H,9-10H2,1-2H3,(H,20,22). The van der Waals surface area contributed by atoms with Gasteiger partial charge in [-0.05, 0) is 42.7 Å². The van der Waals surface area contributed by atoms with E-state index in [1.54, 1.807) is 13.2 Å². The smallest absolute Gasteiger partial charge is 0.251 e. The average Bonchev–Trinajstić information content (AvgIpc) is 2.98. The maximum Gasteiger partial charge on any atom is 0.251 e. The number of H-pyrrole nitrogens is 1. The van der Waals surface area contributed by atoms with Crippen molar-refractivity contribution in [2.45, 2.75) is 13.3 Å². The predicted molar refractivity (Wildman–Crippen MR) is 92.1 cm³/mol. The first-order valence-corrected chi connectivity index (χ1v) is 7.67. The van der Waals surface area contributed by atoms with Gasteiger partial charge in [0.25, 0.3) is 5.91 Å². The van der Waals surface area contributed by atoms with Gasteiger partial charge in [0.05, 0.1) is 7.11 Å². The van der Waals surface area contributed by atoms with E-state index < -0.39 is 0 Å². The Morgan fingerprint density at radius 1 is 1.22 bits per heavy atom. The van der Waals surface area contributed by atoms with Crippen LogP contribution in [0.25, 0.3) is 10.9 Å². The fourth-order valence-corrected chi connectivity index (χ4v) is 2.71. The highest BCUT2D eigenvalue weighted by Gasteiger charge is 2.09. The molecule has 0 aliphatic carbocycles. The van der Waals surface area contributed by atoms with E-state index in [4.69, 9.17) is 4.74 Å². The number of ether oxygens (including phenoxy) is 1. The van der Waals surface area contributed by atoms with Gasteiger partial charge in [-0.15, -0.1) is 0 Å². The normalized spacial score (nSPS) is 10.7. The van der Waals surface area contributed by atoms with Gasteiger partial charge >= 0.3 is 0 Å². The van der Waals surface area contributed by atoms with Crippen LogP contribution in [0.15, 0.2) is 48.7 Å². The first-order valence-electron chi connectivity index (χ1n) is 7.67. The molecule has 2 aromatic carbocycles. The number of rotatable bonds is 5. The third-order valence-electron chi connectivity index (χ3n) is 4.03. The lowest BCUT2D eigenvalue weighted by molar-refractivity contribution is 0.0954. The summed E-state index contributed by atoms with van der Waals surface area (Å²) < 4.78 is 5.26. The number of para-hydroxylation sites is 1. The summed E-state index contributed by atoms with van der Waals surface area (Å²) in [5.41, 5.74) is 3.97. The number of fused-ring (bicyclic) bond motifs is 1. The molecule has 0 saturated carbocycles. The number of aryl methyl sites for hydroxylation is 1. The molecule has 0 aliphatic heterocycles. The maximum atomic E-state index is 12.2. The summed E-state index contributed by atoms with van der Waals surface area (Å²) in [7, 11) is 1.61. The lowest BCUT2D eigenvalue weighted by Crippen LogP contribution is -2.25. The van der Waals surface area contributed by atoms with Crippen LogP contribution in [0.3, 0.4) is 0 Å². The number of amides is 1. The lowest BCUT2D eigenvalue weighted by Gasteiger charge is -2.08. The van der Waals surface area contributed by atoms with E-state index in [9.17, 15) is 4.79 Å². The van der Waals surface area contributed by atoms with E-state index >= 15 is 0 Å². The van der Waals surface area contributed by atoms with Crippen LogP contribution in [0.1, 0.15) is 21.5 Å². The van der Waals surface area contributed by atoms with Gasteiger partial charge in [0, 0.05) is 29.2 Å². The van der Waals surface area contributed by atoms with Crippen LogP contribution in [0, 0.1) is 6.92 Å². The second-order valence-electron chi connectivity index (χ2n) is 5.55. The highest BCUT2D eigenvalue weighted by atomic mass is 16.5. The zero-order valence-electron chi connectivity index (χ0n) is 13.3. The fourth-order valence-electron chi connectivity index (χ4n) is 2.71. The molecule has 4 nitrogen and oxygen atoms in total. The molecule has 2 N–H and O–H groups in total. The summed E-state index contributed by atoms with van der Waals surface area (Å²) in [6.07, 6.45) is 2.80. The van der Waals surface area contributed by atoms with E-state index in [-0.39, 0.29) is 5.91 Å². The largest absolute Gasteiger partial charge is 0.496 e. The number of nitrogens with one attached hydrogen (secondary N) is 2. The van der Waals surface area contributed by atoms with Crippen molar-refractivity contribution in [2.24, 2.45) is 0 Å². The molecule has 0 radical (unpaired) electrons. The molecular weight excluding hydrogens is 288 g/mol. The topological polar surface area (TPSA) is 54.1 Å². The van der Waals surface area contributed by atoms with Gasteiger partial charge in [0.1, 0.15) is 5.75 Å². The van der Waals surface area contributed by atoms with E-state index in [2.05, 4.69) is 22.4 Å². The monoisotopic (exact) mass is 308 g/mol. The van der Waals surface area contributed by atoms with Crippen molar-refractivity contribution in [3.63, 3.8) is 0 Å². The molecule has 3 rings (SSSR count). The minimum Gasteiger partial charge on any atom is -0.496 e. The van der Waals surface area contributed by atoms with Gasteiger partial charge in [0.15, 0.2) is 0 Å². The number of hydrogen-bond acceptors (Lipinski definition) is 2. The van der Waals surface area contributed by atoms with Gasteiger partial charge in [-0.1, -0.05) is 24.3 Å². The van der Waals surface area contributed by atoms with Gasteiger partial charge in [0.2, 0.25) is 0 Å². The van der Waals surface area contributed by atoms with Crippen molar-refractivity contribution >= 4 is 16.8 Å². The molecule has 23 heavy (non-hydrogen) atoms. The van der Waals surface area contributed by atoms with Gasteiger partial charge in [-0.3, -0.25) is 4.79 Å². The zero-order valence-corrected chi connectivity index (χ0v) is 13.3. The molecule has 118 valence electrons. The van der Waals surface area contributed by atoms with Crippen LogP contribution >= 0.6 is 0 Å². The van der Waals surface area contributed by atoms with Crippen molar-refractivity contribution in [1.29, 1.82) is 0 Å². The summed E-state index contributed by atoms with van der Waals surface area (Å²) >= 11 is 0. The lowest BCUT2D eigenvalue weighted by atomic mass is 10.1. The third kappa shape index (κ3) is 3.21. The summed E-state index contributed by atoms with van der Waals surface area (Å²) in [6.45, 7) is 2.55. The molecule has 0 atom stereocenters. The molecule has 0 saturated heterocycles. The quantitative estimate of drug-likeness (QED) is 0.758. The number of carbonyl (C=O) groups excluding carboxylic acids is 1. The fraction of sp³-hybridized carbons (Fsp3) is 0.211. The molecule has 0 unspecified atom stereocenters. The Kier molecular flexibility index (Phi) is 4.33. The SMILES string of the molecule is COc1cc(C(=O)NCCc2c[nH]c3ccccc23)ccc1C. The van der Waals surface area contributed by atoms with E-state index in [0.717, 1.165) is 23.3 Å². The number of benzene rings is 2. The van der Waals surface area contributed by atoms with Crippen molar-refractivity contribution in [2.75, 3.05) is 13.7 Å². The van der Waals surface area contributed by atoms with Crippen molar-refractivity contribution in [3.8, 4) is 5.75 Å². The van der Waals surface area contributed by atoms with Crippen LogP contribution in [0.4, 0.5) is 0 Å². The molecule has 3 aromatic rings. The third-order valence-corrected chi connectivity index (χ3v) is 4.03. The van der Waals surface area contributed by atoms with E-state index in [0.29, 0.717) is 12.1 Å². The van der Waals surface area contributed by atoms with Crippen LogP contribution in [-0.4, -0.2) is 24.5 Å². The highest BCUT2D eigenvalue weighted by molar-refractivity contribution is 5.94. The highest BCUT2D eigenvalue weighted by Crippen LogP contribution is 2.19. The molecule has 1 heterocycles. The summed E-state index contributed by atoms with van der Waals surface area (Å²) in [6, 6.07) is 13.7. The van der Waals surface area contributed by atoms with Gasteiger partial charge in [-0.25, -0.2) is 0 Å². The van der Waals surface area contributed by atoms with Gasteiger partial charge in [-0.2, -0.15) is 0 Å². The molecule has 0 spiro atoms. The maximum absolute atomic E-state index is 12.2. The van der Waals surface area contributed by atoms with Crippen molar-refractivity contribution in [3.05, 3.63) is 65.4 Å². The Labute approximate surface area is 135 Å². The zero-order chi connectivity index (χ0) is 16.2. The summed E-state index contributed by atoms with van der Waals surface area (Å²) in [5, 5.41) is 4.17. The summed E-state index contributed by atoms with van der Waals surface area (Å²) in [4.78, 5) is 15.5. The Morgan fingerprint density at radius 3 is 2.87 bits per heavy atom. The van der Waals surface area contributed by atoms with E-state index in [1.807, 2.05) is 37.4 Å². The number of hydrogen-bond donors (Lipinski definition) is 2. The Bertz CT molecular complexity index is 836. The van der Waals surface area contributed by atoms with Crippen LogP contribution < -0.4 is 10.1 Å². The minimum atomic E-state index is -0.0804. The van der Waals surface area contributed by atoms with Crippen LogP contribution in [0.2, 0.25) is 0 Å². The Morgan fingerprint density at radius 2 is 2.04 bits per heavy atom. The summed E-state index contributed by atoms with van der Waals surface area (Å²) in [5.74, 6) is 0.650. The van der Waals surface area contributed by atoms with Crippen LogP contribution in [-0.2, 0) is 6.42 Å². The molecular formula is C19H20N2O2. The molecule has 4 heteroatoms. The molecule has 1 aromatic heterocycles. The second-order valence-corrected chi connectivity index (χ2v) is 5.55. The van der Waals surface area contributed by atoms with Crippen molar-refractivity contribution < 1.29 is 9.53 Å². The molecule has 0 fully saturated rings. The first kappa shape index (κ1) is 15.2. The first-order chi connectivity index (χ1) is 11.2. The molecule has 0 bridgehead atoms. The van der Waals surface area contributed by atoms with Crippen molar-refractivity contribution in [1.82, 2.24) is 10.3 Å². The van der Waals surface area contributed by atoms with Crippen LogP contribution in [0.5, 0.6) is 5.75 Å². The average molecular weight is 308 g/mol.